The lowest BCUT2D eigenvalue weighted by molar-refractivity contribution is -0.120. The molecule has 0 atom stereocenters. The van der Waals surface area contributed by atoms with Crippen LogP contribution in [0.5, 0.6) is 11.5 Å². The smallest absolute Gasteiger partial charge is 0.264 e. The third-order valence-electron chi connectivity index (χ3n) is 4.08. The Balaban J connectivity index is 1.68. The largest absolute Gasteiger partial charge is 0.497 e. The zero-order chi connectivity index (χ0) is 16.9. The molecule has 2 aromatic carbocycles. The molecule has 5 heteroatoms. The van der Waals surface area contributed by atoms with Crippen molar-refractivity contribution >= 4 is 17.9 Å². The third kappa shape index (κ3) is 3.40. The first-order chi connectivity index (χ1) is 11.7. The zero-order valence-electron chi connectivity index (χ0n) is 13.5. The van der Waals surface area contributed by atoms with E-state index in [2.05, 4.69) is 0 Å². The molecule has 0 N–H and O–H groups in total. The molecular weight excluding hydrogens is 306 g/mol. The van der Waals surface area contributed by atoms with Gasteiger partial charge in [0.2, 0.25) is 0 Å². The monoisotopic (exact) mass is 325 g/mol. The van der Waals surface area contributed by atoms with Crippen LogP contribution in [0.4, 0.5) is 5.69 Å². The minimum atomic E-state index is -0.0828. The maximum Gasteiger partial charge on any atom is 0.264 e. The summed E-state index contributed by atoms with van der Waals surface area (Å²) in [5, 5.41) is 0. The number of rotatable bonds is 5. The summed E-state index contributed by atoms with van der Waals surface area (Å²) in [4.78, 5) is 24.9. The molecule has 0 saturated heterocycles. The van der Waals surface area contributed by atoms with Gasteiger partial charge in [-0.3, -0.25) is 9.59 Å². The molecule has 24 heavy (non-hydrogen) atoms. The van der Waals surface area contributed by atoms with Gasteiger partial charge in [-0.15, -0.1) is 0 Å². The SMILES string of the molecule is COc1ccc2c(c1)CCCN2C(=O)COc1ccc(C=O)cc1. The van der Waals surface area contributed by atoms with Crippen molar-refractivity contribution in [2.24, 2.45) is 0 Å². The second-order valence-corrected chi connectivity index (χ2v) is 5.62. The summed E-state index contributed by atoms with van der Waals surface area (Å²) in [6.07, 6.45) is 2.62. The number of amides is 1. The van der Waals surface area contributed by atoms with Crippen molar-refractivity contribution in [3.63, 3.8) is 0 Å². The Bertz CT molecular complexity index is 740. The van der Waals surface area contributed by atoms with Crippen molar-refractivity contribution in [1.29, 1.82) is 0 Å². The summed E-state index contributed by atoms with van der Waals surface area (Å²) in [6.45, 7) is 0.650. The van der Waals surface area contributed by atoms with E-state index in [9.17, 15) is 9.59 Å². The summed E-state index contributed by atoms with van der Waals surface area (Å²) in [5.74, 6) is 1.29. The Morgan fingerprint density at radius 2 is 1.92 bits per heavy atom. The topological polar surface area (TPSA) is 55.8 Å². The molecule has 2 aromatic rings. The Labute approximate surface area is 140 Å². The van der Waals surface area contributed by atoms with E-state index in [1.165, 1.54) is 0 Å². The molecule has 124 valence electrons. The quantitative estimate of drug-likeness (QED) is 0.793. The molecule has 0 unspecified atom stereocenters. The third-order valence-corrected chi connectivity index (χ3v) is 4.08. The first-order valence-electron chi connectivity index (χ1n) is 7.86. The van der Waals surface area contributed by atoms with Crippen LogP contribution >= 0.6 is 0 Å². The number of ether oxygens (including phenoxy) is 2. The van der Waals surface area contributed by atoms with Gasteiger partial charge in [0.25, 0.3) is 5.91 Å². The highest BCUT2D eigenvalue weighted by Crippen LogP contribution is 2.30. The number of methoxy groups -OCH3 is 1. The molecule has 0 fully saturated rings. The van der Waals surface area contributed by atoms with Crippen LogP contribution in [0.25, 0.3) is 0 Å². The fraction of sp³-hybridized carbons (Fsp3) is 0.263. The van der Waals surface area contributed by atoms with Crippen LogP contribution < -0.4 is 14.4 Å². The van der Waals surface area contributed by atoms with E-state index in [0.717, 1.165) is 36.1 Å². The number of hydrogen-bond donors (Lipinski definition) is 0. The van der Waals surface area contributed by atoms with Crippen molar-refractivity contribution in [3.8, 4) is 11.5 Å². The van der Waals surface area contributed by atoms with Crippen LogP contribution in [0.15, 0.2) is 42.5 Å². The Kier molecular flexibility index (Phi) is 4.79. The summed E-state index contributed by atoms with van der Waals surface area (Å²) in [7, 11) is 1.64. The van der Waals surface area contributed by atoms with Crippen molar-refractivity contribution in [2.45, 2.75) is 12.8 Å². The molecule has 1 aliphatic heterocycles. The van der Waals surface area contributed by atoms with Crippen LogP contribution in [-0.4, -0.2) is 32.5 Å². The van der Waals surface area contributed by atoms with Gasteiger partial charge in [0, 0.05) is 17.8 Å². The lowest BCUT2D eigenvalue weighted by Crippen LogP contribution is -2.38. The van der Waals surface area contributed by atoms with Crippen molar-refractivity contribution in [3.05, 3.63) is 53.6 Å². The van der Waals surface area contributed by atoms with Crippen LogP contribution in [-0.2, 0) is 11.2 Å². The number of carbonyl (C=O) groups excluding carboxylic acids is 2. The molecule has 5 nitrogen and oxygen atoms in total. The summed E-state index contributed by atoms with van der Waals surface area (Å²) >= 11 is 0. The molecule has 0 spiro atoms. The fourth-order valence-corrected chi connectivity index (χ4v) is 2.83. The molecule has 0 bridgehead atoms. The van der Waals surface area contributed by atoms with Gasteiger partial charge in [0.15, 0.2) is 6.61 Å². The molecule has 0 aromatic heterocycles. The van der Waals surface area contributed by atoms with Gasteiger partial charge in [-0.05, 0) is 60.9 Å². The molecular formula is C19H19NO4. The van der Waals surface area contributed by atoms with Crippen LogP contribution in [0, 0.1) is 0 Å². The highest BCUT2D eigenvalue weighted by atomic mass is 16.5. The van der Waals surface area contributed by atoms with E-state index in [1.54, 1.807) is 36.3 Å². The van der Waals surface area contributed by atoms with E-state index in [1.807, 2.05) is 18.2 Å². The minimum Gasteiger partial charge on any atom is -0.497 e. The van der Waals surface area contributed by atoms with E-state index >= 15 is 0 Å². The van der Waals surface area contributed by atoms with Crippen LogP contribution in [0.1, 0.15) is 22.3 Å². The predicted molar refractivity (Wildman–Crippen MR) is 91.0 cm³/mol. The average Bonchev–Trinajstić information content (AvgIpc) is 2.65. The van der Waals surface area contributed by atoms with Gasteiger partial charge in [-0.1, -0.05) is 0 Å². The lowest BCUT2D eigenvalue weighted by Gasteiger charge is -2.29. The van der Waals surface area contributed by atoms with E-state index in [4.69, 9.17) is 9.47 Å². The van der Waals surface area contributed by atoms with E-state index in [0.29, 0.717) is 17.9 Å². The Morgan fingerprint density at radius 1 is 1.17 bits per heavy atom. The maximum atomic E-state index is 12.5. The average molecular weight is 325 g/mol. The van der Waals surface area contributed by atoms with Gasteiger partial charge in [0.05, 0.1) is 7.11 Å². The Morgan fingerprint density at radius 3 is 2.62 bits per heavy atom. The normalized spacial score (nSPS) is 13.1. The molecule has 1 aliphatic rings. The van der Waals surface area contributed by atoms with Gasteiger partial charge in [0.1, 0.15) is 17.8 Å². The van der Waals surface area contributed by atoms with Gasteiger partial charge >= 0.3 is 0 Å². The molecule has 3 rings (SSSR count). The fourth-order valence-electron chi connectivity index (χ4n) is 2.83. The molecule has 0 radical (unpaired) electrons. The number of anilines is 1. The first-order valence-corrected chi connectivity index (χ1v) is 7.86. The lowest BCUT2D eigenvalue weighted by atomic mass is 10.0. The number of hydrogen-bond acceptors (Lipinski definition) is 4. The van der Waals surface area contributed by atoms with Gasteiger partial charge in [-0.2, -0.15) is 0 Å². The molecule has 1 amide bonds. The van der Waals surface area contributed by atoms with Gasteiger partial charge in [-0.25, -0.2) is 0 Å². The number of aryl methyl sites for hydroxylation is 1. The van der Waals surface area contributed by atoms with Crippen molar-refractivity contribution < 1.29 is 19.1 Å². The summed E-state index contributed by atoms with van der Waals surface area (Å²) in [5.41, 5.74) is 2.61. The molecule has 0 aliphatic carbocycles. The molecule has 1 heterocycles. The first kappa shape index (κ1) is 16.1. The van der Waals surface area contributed by atoms with Crippen molar-refractivity contribution in [1.82, 2.24) is 0 Å². The van der Waals surface area contributed by atoms with Gasteiger partial charge < -0.3 is 14.4 Å². The standard InChI is InChI=1S/C19H19NO4/c1-23-17-8-9-18-15(11-17)3-2-10-20(18)19(22)13-24-16-6-4-14(12-21)5-7-16/h4-9,11-12H,2-3,10,13H2,1H3. The molecule has 0 saturated carbocycles. The minimum absolute atomic E-state index is 0.0358. The van der Waals surface area contributed by atoms with Crippen LogP contribution in [0.3, 0.4) is 0 Å². The number of fused-ring (bicyclic) bond motifs is 1. The van der Waals surface area contributed by atoms with Crippen LogP contribution in [0.2, 0.25) is 0 Å². The van der Waals surface area contributed by atoms with E-state index < -0.39 is 0 Å². The zero-order valence-corrected chi connectivity index (χ0v) is 13.5. The van der Waals surface area contributed by atoms with Crippen molar-refractivity contribution in [2.75, 3.05) is 25.2 Å². The number of carbonyl (C=O) groups is 2. The number of nitrogens with zero attached hydrogens (tertiary/aromatic N) is 1. The highest BCUT2D eigenvalue weighted by Gasteiger charge is 2.23. The number of benzene rings is 2. The number of aldehydes is 1. The maximum absolute atomic E-state index is 12.5. The summed E-state index contributed by atoms with van der Waals surface area (Å²) in [6, 6.07) is 12.5. The highest BCUT2D eigenvalue weighted by molar-refractivity contribution is 5.95. The predicted octanol–water partition coefficient (Wildman–Crippen LogP) is 2.87. The summed E-state index contributed by atoms with van der Waals surface area (Å²) < 4.78 is 10.8. The van der Waals surface area contributed by atoms with E-state index in [-0.39, 0.29) is 12.5 Å². The second-order valence-electron chi connectivity index (χ2n) is 5.62. The Hall–Kier alpha value is -2.82. The second kappa shape index (κ2) is 7.17.